The molecule has 1 heterocycles. The first kappa shape index (κ1) is 15.4. The Balaban J connectivity index is 1.88. The lowest BCUT2D eigenvalue weighted by atomic mass is 10.0. The normalized spacial score (nSPS) is 24.4. The molecule has 0 radical (unpaired) electrons. The Labute approximate surface area is 120 Å². The second-order valence-electron chi connectivity index (χ2n) is 5.69. The van der Waals surface area contributed by atoms with Crippen LogP contribution in [0.15, 0.2) is 24.3 Å². The van der Waals surface area contributed by atoms with Crippen LogP contribution in [0.4, 0.5) is 4.39 Å². The molecular formula is C15H22FNO2S. The van der Waals surface area contributed by atoms with Gasteiger partial charge < -0.3 is 0 Å². The van der Waals surface area contributed by atoms with E-state index in [4.69, 9.17) is 0 Å². The van der Waals surface area contributed by atoms with E-state index in [2.05, 4.69) is 11.8 Å². The third kappa shape index (κ3) is 3.79. The largest absolute Gasteiger partial charge is 0.298 e. The molecule has 0 saturated carbocycles. The van der Waals surface area contributed by atoms with E-state index in [0.29, 0.717) is 19.1 Å². The Morgan fingerprint density at radius 1 is 1.45 bits per heavy atom. The summed E-state index contributed by atoms with van der Waals surface area (Å²) in [6.45, 7) is 5.11. The minimum Gasteiger partial charge on any atom is -0.298 e. The molecule has 1 aliphatic rings. The van der Waals surface area contributed by atoms with Crippen molar-refractivity contribution in [3.63, 3.8) is 0 Å². The Kier molecular flexibility index (Phi) is 4.81. The van der Waals surface area contributed by atoms with Crippen molar-refractivity contribution in [2.75, 3.05) is 18.8 Å². The molecule has 0 aliphatic carbocycles. The van der Waals surface area contributed by atoms with E-state index in [9.17, 15) is 12.8 Å². The average molecular weight is 299 g/mol. The van der Waals surface area contributed by atoms with Gasteiger partial charge in [0.15, 0.2) is 9.84 Å². The van der Waals surface area contributed by atoms with Crippen molar-refractivity contribution >= 4 is 9.84 Å². The van der Waals surface area contributed by atoms with Crippen molar-refractivity contribution in [1.82, 2.24) is 4.90 Å². The third-order valence-corrected chi connectivity index (χ3v) is 6.26. The Morgan fingerprint density at radius 2 is 2.20 bits per heavy atom. The molecule has 0 N–H and O–H groups in total. The molecule has 0 bridgehead atoms. The van der Waals surface area contributed by atoms with Crippen LogP contribution in [0.1, 0.15) is 25.8 Å². The van der Waals surface area contributed by atoms with Crippen molar-refractivity contribution in [3.05, 3.63) is 35.6 Å². The standard InChI is InChI=1S/C15H22FNO2S/c1-12(6-7-14-4-3-5-15(16)10-14)17-8-9-20(18,19)13(2)11-17/h3-5,10,12-13H,6-9,11H2,1-2H3/t12-,13+/m1/s1. The van der Waals surface area contributed by atoms with Gasteiger partial charge in [0.25, 0.3) is 0 Å². The van der Waals surface area contributed by atoms with E-state index in [0.717, 1.165) is 18.4 Å². The van der Waals surface area contributed by atoms with Crippen LogP contribution < -0.4 is 0 Å². The molecule has 1 aliphatic heterocycles. The van der Waals surface area contributed by atoms with E-state index in [-0.39, 0.29) is 16.8 Å². The molecular weight excluding hydrogens is 277 g/mol. The van der Waals surface area contributed by atoms with Crippen LogP contribution in [0.3, 0.4) is 0 Å². The zero-order valence-electron chi connectivity index (χ0n) is 12.0. The molecule has 0 spiro atoms. The summed E-state index contributed by atoms with van der Waals surface area (Å²) in [5, 5.41) is -0.284. The number of hydrogen-bond donors (Lipinski definition) is 0. The zero-order chi connectivity index (χ0) is 14.8. The van der Waals surface area contributed by atoms with Crippen LogP contribution in [0, 0.1) is 5.82 Å². The van der Waals surface area contributed by atoms with Crippen LogP contribution in [0.2, 0.25) is 0 Å². The summed E-state index contributed by atoms with van der Waals surface area (Å²) in [6.07, 6.45) is 1.73. The highest BCUT2D eigenvalue weighted by Gasteiger charge is 2.31. The van der Waals surface area contributed by atoms with Gasteiger partial charge in [-0.2, -0.15) is 0 Å². The van der Waals surface area contributed by atoms with Crippen molar-refractivity contribution < 1.29 is 12.8 Å². The summed E-state index contributed by atoms with van der Waals surface area (Å²) in [5.74, 6) is 0.0474. The van der Waals surface area contributed by atoms with Gasteiger partial charge in [0, 0.05) is 19.1 Å². The van der Waals surface area contributed by atoms with Gasteiger partial charge in [-0.15, -0.1) is 0 Å². The second kappa shape index (κ2) is 6.22. The minimum absolute atomic E-state index is 0.201. The van der Waals surface area contributed by atoms with Gasteiger partial charge in [-0.05, 0) is 44.4 Å². The predicted octanol–water partition coefficient (Wildman–Crippen LogP) is 2.27. The van der Waals surface area contributed by atoms with Crippen molar-refractivity contribution in [1.29, 1.82) is 0 Å². The Morgan fingerprint density at radius 3 is 2.85 bits per heavy atom. The quantitative estimate of drug-likeness (QED) is 0.856. The van der Waals surface area contributed by atoms with E-state index in [1.54, 1.807) is 19.1 Å². The molecule has 0 aromatic heterocycles. The maximum atomic E-state index is 13.1. The first-order valence-electron chi connectivity index (χ1n) is 7.08. The van der Waals surface area contributed by atoms with Gasteiger partial charge in [-0.1, -0.05) is 12.1 Å². The van der Waals surface area contributed by atoms with Crippen LogP contribution in [-0.2, 0) is 16.3 Å². The molecule has 5 heteroatoms. The molecule has 112 valence electrons. The van der Waals surface area contributed by atoms with E-state index in [1.807, 2.05) is 6.07 Å². The van der Waals surface area contributed by atoms with E-state index >= 15 is 0 Å². The van der Waals surface area contributed by atoms with Gasteiger partial charge in [0.2, 0.25) is 0 Å². The number of sulfone groups is 1. The van der Waals surface area contributed by atoms with Gasteiger partial charge in [-0.3, -0.25) is 4.90 Å². The monoisotopic (exact) mass is 299 g/mol. The van der Waals surface area contributed by atoms with Gasteiger partial charge in [0.05, 0.1) is 11.0 Å². The number of aryl methyl sites for hydroxylation is 1. The molecule has 0 unspecified atom stereocenters. The molecule has 1 aromatic rings. The van der Waals surface area contributed by atoms with E-state index < -0.39 is 9.84 Å². The van der Waals surface area contributed by atoms with E-state index in [1.165, 1.54) is 6.07 Å². The fourth-order valence-corrected chi connectivity index (χ4v) is 3.94. The van der Waals surface area contributed by atoms with Crippen LogP contribution >= 0.6 is 0 Å². The molecule has 1 saturated heterocycles. The summed E-state index contributed by atoms with van der Waals surface area (Å²) in [5.41, 5.74) is 0.995. The topological polar surface area (TPSA) is 37.4 Å². The molecule has 2 rings (SSSR count). The molecule has 20 heavy (non-hydrogen) atoms. The van der Waals surface area contributed by atoms with Gasteiger partial charge >= 0.3 is 0 Å². The summed E-state index contributed by atoms with van der Waals surface area (Å²) >= 11 is 0. The lowest BCUT2D eigenvalue weighted by Gasteiger charge is -2.35. The maximum Gasteiger partial charge on any atom is 0.155 e. The summed E-state index contributed by atoms with van der Waals surface area (Å²) < 4.78 is 36.5. The molecule has 0 amide bonds. The van der Waals surface area contributed by atoms with Crippen molar-refractivity contribution in [3.8, 4) is 0 Å². The molecule has 1 aromatic carbocycles. The maximum absolute atomic E-state index is 13.1. The summed E-state index contributed by atoms with van der Waals surface area (Å²) in [7, 11) is -2.89. The summed E-state index contributed by atoms with van der Waals surface area (Å²) in [6, 6.07) is 6.99. The molecule has 1 fully saturated rings. The number of rotatable bonds is 4. The number of hydrogen-bond acceptors (Lipinski definition) is 3. The van der Waals surface area contributed by atoms with Crippen molar-refractivity contribution in [2.45, 2.75) is 38.0 Å². The Hall–Kier alpha value is -0.940. The number of benzene rings is 1. The second-order valence-corrected chi connectivity index (χ2v) is 8.23. The fourth-order valence-electron chi connectivity index (χ4n) is 2.63. The lowest BCUT2D eigenvalue weighted by molar-refractivity contribution is 0.204. The number of halogens is 1. The first-order valence-corrected chi connectivity index (χ1v) is 8.80. The highest BCUT2D eigenvalue weighted by molar-refractivity contribution is 7.92. The first-order chi connectivity index (χ1) is 9.38. The highest BCUT2D eigenvalue weighted by atomic mass is 32.2. The fraction of sp³-hybridized carbons (Fsp3) is 0.600. The number of nitrogens with zero attached hydrogens (tertiary/aromatic N) is 1. The van der Waals surface area contributed by atoms with Crippen LogP contribution in [0.5, 0.6) is 0 Å². The molecule has 2 atom stereocenters. The predicted molar refractivity (Wildman–Crippen MR) is 79.0 cm³/mol. The lowest BCUT2D eigenvalue weighted by Crippen LogP contribution is -2.49. The van der Waals surface area contributed by atoms with Gasteiger partial charge in [-0.25, -0.2) is 12.8 Å². The minimum atomic E-state index is -2.89. The van der Waals surface area contributed by atoms with Crippen molar-refractivity contribution in [2.24, 2.45) is 0 Å². The highest BCUT2D eigenvalue weighted by Crippen LogP contribution is 2.17. The average Bonchev–Trinajstić information content (AvgIpc) is 2.39. The smallest absolute Gasteiger partial charge is 0.155 e. The molecule has 3 nitrogen and oxygen atoms in total. The SMILES string of the molecule is C[C@H](CCc1cccc(F)c1)N1CCS(=O)(=O)[C@@H](C)C1. The third-order valence-electron chi connectivity index (χ3n) is 4.13. The summed E-state index contributed by atoms with van der Waals surface area (Å²) in [4.78, 5) is 2.23. The van der Waals surface area contributed by atoms with Crippen LogP contribution in [0.25, 0.3) is 0 Å². The Bertz CT molecular complexity index is 559. The van der Waals surface area contributed by atoms with Crippen LogP contribution in [-0.4, -0.2) is 43.5 Å². The van der Waals surface area contributed by atoms with Gasteiger partial charge in [0.1, 0.15) is 5.82 Å². The zero-order valence-corrected chi connectivity index (χ0v) is 12.9.